The highest BCUT2D eigenvalue weighted by atomic mass is 16.5. The molecule has 2 aromatic carbocycles. The summed E-state index contributed by atoms with van der Waals surface area (Å²) in [4.78, 5) is 25.0. The van der Waals surface area contributed by atoms with Gasteiger partial charge in [-0.3, -0.25) is 4.79 Å². The molecule has 0 aliphatic rings. The Kier molecular flexibility index (Phi) is 6.06. The lowest BCUT2D eigenvalue weighted by molar-refractivity contribution is -0.142. The second kappa shape index (κ2) is 8.85. The molecule has 0 unspecified atom stereocenters. The Balaban J connectivity index is 1.83. The molecule has 0 bridgehead atoms. The van der Waals surface area contributed by atoms with Crippen molar-refractivity contribution < 1.29 is 19.1 Å². The first kappa shape index (κ1) is 19.2. The molecule has 1 aromatic heterocycles. The number of aromatic nitrogens is 2. The smallest absolute Gasteiger partial charge is 0.328 e. The van der Waals surface area contributed by atoms with Gasteiger partial charge in [0.15, 0.2) is 11.4 Å². The zero-order valence-electron chi connectivity index (χ0n) is 15.7. The molecule has 144 valence electrons. The maximum absolute atomic E-state index is 12.8. The quantitative estimate of drug-likeness (QED) is 0.638. The average molecular weight is 379 g/mol. The van der Waals surface area contributed by atoms with E-state index in [4.69, 9.17) is 9.47 Å². The van der Waals surface area contributed by atoms with E-state index in [9.17, 15) is 9.59 Å². The molecule has 0 spiro atoms. The topological polar surface area (TPSA) is 82.5 Å². The van der Waals surface area contributed by atoms with Gasteiger partial charge in [0.05, 0.1) is 26.1 Å². The van der Waals surface area contributed by atoms with Crippen LogP contribution < -0.4 is 10.1 Å². The number of benzene rings is 2. The van der Waals surface area contributed by atoms with Crippen molar-refractivity contribution in [3.05, 3.63) is 78.1 Å². The molecule has 0 aliphatic carbocycles. The maximum Gasteiger partial charge on any atom is 0.328 e. The van der Waals surface area contributed by atoms with Gasteiger partial charge in [-0.15, -0.1) is 0 Å². The normalized spacial score (nSPS) is 11.5. The van der Waals surface area contributed by atoms with Gasteiger partial charge in [0.25, 0.3) is 5.91 Å². The van der Waals surface area contributed by atoms with E-state index in [-0.39, 0.29) is 5.69 Å². The van der Waals surface area contributed by atoms with E-state index < -0.39 is 17.9 Å². The number of rotatable bonds is 7. The van der Waals surface area contributed by atoms with Gasteiger partial charge in [-0.25, -0.2) is 9.48 Å². The highest BCUT2D eigenvalue weighted by Crippen LogP contribution is 2.19. The summed E-state index contributed by atoms with van der Waals surface area (Å²) in [5, 5.41) is 7.03. The number of hydrogen-bond donors (Lipinski definition) is 1. The number of nitrogens with zero attached hydrogens (tertiary/aromatic N) is 2. The number of ether oxygens (including phenoxy) is 2. The molecule has 1 amide bonds. The van der Waals surface area contributed by atoms with Crippen LogP contribution in [0.3, 0.4) is 0 Å². The molecule has 3 aromatic rings. The fraction of sp³-hybridized carbons (Fsp3) is 0.190. The molecule has 7 nitrogen and oxygen atoms in total. The van der Waals surface area contributed by atoms with Crippen LogP contribution in [0.1, 0.15) is 16.1 Å². The molecule has 0 aliphatic heterocycles. The molecule has 0 saturated heterocycles. The summed E-state index contributed by atoms with van der Waals surface area (Å²) in [5.41, 5.74) is 1.78. The van der Waals surface area contributed by atoms with Gasteiger partial charge in [0.2, 0.25) is 0 Å². The van der Waals surface area contributed by atoms with Crippen molar-refractivity contribution in [2.24, 2.45) is 0 Å². The summed E-state index contributed by atoms with van der Waals surface area (Å²) in [6.07, 6.45) is 1.93. The van der Waals surface area contributed by atoms with Gasteiger partial charge in [-0.05, 0) is 17.7 Å². The lowest BCUT2D eigenvalue weighted by Crippen LogP contribution is -2.43. The van der Waals surface area contributed by atoms with Gasteiger partial charge in [0.1, 0.15) is 6.04 Å². The minimum Gasteiger partial charge on any atom is -0.493 e. The number of amides is 1. The summed E-state index contributed by atoms with van der Waals surface area (Å²) in [6, 6.07) is 17.9. The molecule has 7 heteroatoms. The van der Waals surface area contributed by atoms with Crippen LogP contribution in [0.15, 0.2) is 66.9 Å². The van der Waals surface area contributed by atoms with E-state index >= 15 is 0 Å². The summed E-state index contributed by atoms with van der Waals surface area (Å²) >= 11 is 0. The summed E-state index contributed by atoms with van der Waals surface area (Å²) in [6.45, 7) is 0. The number of carbonyl (C=O) groups excluding carboxylic acids is 2. The van der Waals surface area contributed by atoms with Crippen LogP contribution in [-0.4, -0.2) is 41.9 Å². The van der Waals surface area contributed by atoms with E-state index in [1.165, 1.54) is 14.2 Å². The Bertz CT molecular complexity index is 939. The molecule has 3 rings (SSSR count). The van der Waals surface area contributed by atoms with E-state index in [1.54, 1.807) is 10.9 Å². The molecule has 0 saturated carbocycles. The highest BCUT2D eigenvalue weighted by molar-refractivity contribution is 5.97. The van der Waals surface area contributed by atoms with Gasteiger partial charge < -0.3 is 14.8 Å². The van der Waals surface area contributed by atoms with Crippen molar-refractivity contribution in [2.75, 3.05) is 14.2 Å². The van der Waals surface area contributed by atoms with Gasteiger partial charge in [-0.2, -0.15) is 5.10 Å². The summed E-state index contributed by atoms with van der Waals surface area (Å²) in [7, 11) is 2.75. The van der Waals surface area contributed by atoms with Crippen molar-refractivity contribution in [2.45, 2.75) is 12.5 Å². The zero-order chi connectivity index (χ0) is 19.9. The van der Waals surface area contributed by atoms with E-state index in [1.807, 2.05) is 60.7 Å². The van der Waals surface area contributed by atoms with E-state index in [0.29, 0.717) is 12.2 Å². The number of para-hydroxylation sites is 1. The average Bonchev–Trinajstić information content (AvgIpc) is 3.19. The van der Waals surface area contributed by atoms with Crippen LogP contribution in [0, 0.1) is 0 Å². The van der Waals surface area contributed by atoms with Crippen LogP contribution in [-0.2, 0) is 16.0 Å². The SMILES string of the molecule is COC(=O)[C@H](Cc1ccccc1)NC(=O)c1nn(-c2ccccc2)cc1OC. The third kappa shape index (κ3) is 4.37. The highest BCUT2D eigenvalue weighted by Gasteiger charge is 2.26. The van der Waals surface area contributed by atoms with Crippen molar-refractivity contribution >= 4 is 11.9 Å². The fourth-order valence-electron chi connectivity index (χ4n) is 2.79. The Morgan fingerprint density at radius 3 is 2.29 bits per heavy atom. The Morgan fingerprint density at radius 1 is 1.04 bits per heavy atom. The van der Waals surface area contributed by atoms with Crippen molar-refractivity contribution in [3.8, 4) is 11.4 Å². The molecule has 1 atom stereocenters. The van der Waals surface area contributed by atoms with Crippen LogP contribution in [0.5, 0.6) is 5.75 Å². The third-order valence-corrected chi connectivity index (χ3v) is 4.21. The Hall–Kier alpha value is -3.61. The van der Waals surface area contributed by atoms with Crippen molar-refractivity contribution in [3.63, 3.8) is 0 Å². The molecular formula is C21H21N3O4. The van der Waals surface area contributed by atoms with Gasteiger partial charge in [-0.1, -0.05) is 48.5 Å². The first-order valence-electron chi connectivity index (χ1n) is 8.74. The minimum atomic E-state index is -0.841. The summed E-state index contributed by atoms with van der Waals surface area (Å²) < 4.78 is 11.7. The van der Waals surface area contributed by atoms with Crippen LogP contribution >= 0.6 is 0 Å². The molecule has 0 radical (unpaired) electrons. The van der Waals surface area contributed by atoms with E-state index in [2.05, 4.69) is 10.4 Å². The van der Waals surface area contributed by atoms with Crippen molar-refractivity contribution in [1.82, 2.24) is 15.1 Å². The predicted molar refractivity (Wildman–Crippen MR) is 104 cm³/mol. The second-order valence-electron chi connectivity index (χ2n) is 6.07. The number of nitrogens with one attached hydrogen (secondary N) is 1. The lowest BCUT2D eigenvalue weighted by Gasteiger charge is -2.16. The van der Waals surface area contributed by atoms with Crippen LogP contribution in [0.4, 0.5) is 0 Å². The number of hydrogen-bond acceptors (Lipinski definition) is 5. The van der Waals surface area contributed by atoms with Crippen molar-refractivity contribution in [1.29, 1.82) is 0 Å². The first-order chi connectivity index (χ1) is 13.6. The predicted octanol–water partition coefficient (Wildman–Crippen LogP) is 2.40. The number of esters is 1. The first-order valence-corrected chi connectivity index (χ1v) is 8.74. The molecule has 28 heavy (non-hydrogen) atoms. The second-order valence-corrected chi connectivity index (χ2v) is 6.07. The zero-order valence-corrected chi connectivity index (χ0v) is 15.7. The molecule has 1 N–H and O–H groups in total. The maximum atomic E-state index is 12.8. The Morgan fingerprint density at radius 2 is 1.68 bits per heavy atom. The fourth-order valence-corrected chi connectivity index (χ4v) is 2.79. The van der Waals surface area contributed by atoms with Gasteiger partial charge in [0, 0.05) is 6.42 Å². The molecular weight excluding hydrogens is 358 g/mol. The largest absolute Gasteiger partial charge is 0.493 e. The van der Waals surface area contributed by atoms with E-state index in [0.717, 1.165) is 11.3 Å². The number of carbonyl (C=O) groups is 2. The number of methoxy groups -OCH3 is 2. The summed E-state index contributed by atoms with van der Waals surface area (Å²) in [5.74, 6) is -0.735. The minimum absolute atomic E-state index is 0.0910. The Labute approximate surface area is 162 Å². The molecule has 1 heterocycles. The standard InChI is InChI=1S/C21H21N3O4/c1-27-18-14-24(16-11-7-4-8-12-16)23-19(18)20(25)22-17(21(26)28-2)13-15-9-5-3-6-10-15/h3-12,14,17H,13H2,1-2H3,(H,22,25)/t17-/m0/s1. The molecule has 0 fully saturated rings. The lowest BCUT2D eigenvalue weighted by atomic mass is 10.1. The van der Waals surface area contributed by atoms with Crippen LogP contribution in [0.25, 0.3) is 5.69 Å². The van der Waals surface area contributed by atoms with Crippen LogP contribution in [0.2, 0.25) is 0 Å². The monoisotopic (exact) mass is 379 g/mol. The third-order valence-electron chi connectivity index (χ3n) is 4.21. The van der Waals surface area contributed by atoms with Gasteiger partial charge >= 0.3 is 5.97 Å².